The van der Waals surface area contributed by atoms with Gasteiger partial charge >= 0.3 is 0 Å². The number of hydrogen-bond donors (Lipinski definition) is 4. The molecule has 2 aromatic carbocycles. The first kappa shape index (κ1) is 29.1. The summed E-state index contributed by atoms with van der Waals surface area (Å²) in [5, 5.41) is 24.1. The molecule has 0 radical (unpaired) electrons. The summed E-state index contributed by atoms with van der Waals surface area (Å²) in [6.45, 7) is 0.607. The van der Waals surface area contributed by atoms with Crippen LogP contribution in [-0.2, 0) is 9.59 Å². The van der Waals surface area contributed by atoms with Crippen molar-refractivity contribution in [2.45, 2.75) is 76.9 Å². The minimum absolute atomic E-state index is 0.0514. The number of ketones is 1. The number of nitrogens with one attached hydrogen (secondary N) is 2. The molecule has 0 aliphatic heterocycles. The number of anilines is 1. The van der Waals surface area contributed by atoms with E-state index in [2.05, 4.69) is 22.5 Å². The number of carbonyl (C=O) groups excluding carboxylic acids is 3. The van der Waals surface area contributed by atoms with Crippen molar-refractivity contribution in [2.24, 2.45) is 5.92 Å². The van der Waals surface area contributed by atoms with Crippen LogP contribution in [0.15, 0.2) is 48.5 Å². The molecule has 0 spiro atoms. The Balaban J connectivity index is 1.49. The molecule has 1 saturated carbocycles. The quantitative estimate of drug-likeness (QED) is 0.371. The molecule has 2 atom stereocenters. The van der Waals surface area contributed by atoms with Crippen molar-refractivity contribution in [3.05, 3.63) is 65.2 Å². The fourth-order valence-corrected chi connectivity index (χ4v) is 4.67. The molecule has 0 bridgehead atoms. The molecule has 7 nitrogen and oxygen atoms in total. The van der Waals surface area contributed by atoms with Crippen molar-refractivity contribution in [2.75, 3.05) is 11.9 Å². The van der Waals surface area contributed by atoms with E-state index in [0.29, 0.717) is 23.5 Å². The van der Waals surface area contributed by atoms with Gasteiger partial charge in [-0.15, -0.1) is 0 Å². The van der Waals surface area contributed by atoms with E-state index in [1.807, 2.05) is 24.3 Å². The van der Waals surface area contributed by atoms with Crippen molar-refractivity contribution >= 4 is 23.3 Å². The van der Waals surface area contributed by atoms with Crippen LogP contribution in [0.5, 0.6) is 0 Å². The van der Waals surface area contributed by atoms with E-state index in [9.17, 15) is 19.5 Å². The molecule has 1 aliphatic rings. The highest BCUT2D eigenvalue weighted by Crippen LogP contribution is 2.26. The number of carbonyl (C=O) groups is 3. The highest BCUT2D eigenvalue weighted by atomic mass is 16.3. The maximum Gasteiger partial charge on any atom is 0.251 e. The average molecular weight is 519 g/mol. The number of aliphatic hydroxyl groups excluding tert-OH is 2. The molecule has 202 valence electrons. The molecule has 3 rings (SSSR count). The molecule has 2 amide bonds. The summed E-state index contributed by atoms with van der Waals surface area (Å²) >= 11 is 0. The number of benzene rings is 2. The molecule has 1 aliphatic carbocycles. The van der Waals surface area contributed by atoms with Gasteiger partial charge in [-0.05, 0) is 67.8 Å². The SMILES string of the molecule is C[C@@H](O)[C@H](NC(=O)c1ccc(C#Cc2ccc(NC(=O)CCC3CCCCCCC3)cc2)cc1)C(=O)CO. The Kier molecular flexibility index (Phi) is 11.5. The van der Waals surface area contributed by atoms with Crippen LogP contribution in [0.4, 0.5) is 5.69 Å². The number of Topliss-reactive ketones (excluding diaryl/α,β-unsaturated/α-hetero) is 1. The number of amides is 2. The van der Waals surface area contributed by atoms with Crippen LogP contribution in [0, 0.1) is 17.8 Å². The lowest BCUT2D eigenvalue weighted by molar-refractivity contribution is -0.126. The Morgan fingerprint density at radius 3 is 2.00 bits per heavy atom. The molecule has 1 fully saturated rings. The molecule has 38 heavy (non-hydrogen) atoms. The summed E-state index contributed by atoms with van der Waals surface area (Å²) in [5.74, 6) is 5.64. The van der Waals surface area contributed by atoms with E-state index in [4.69, 9.17) is 5.11 Å². The van der Waals surface area contributed by atoms with Gasteiger partial charge in [-0.25, -0.2) is 0 Å². The van der Waals surface area contributed by atoms with E-state index < -0.39 is 30.4 Å². The summed E-state index contributed by atoms with van der Waals surface area (Å²) in [7, 11) is 0. The molecular formula is C31H38N2O5. The zero-order valence-electron chi connectivity index (χ0n) is 22.0. The van der Waals surface area contributed by atoms with E-state index in [1.54, 1.807) is 24.3 Å². The van der Waals surface area contributed by atoms with Crippen molar-refractivity contribution in [3.63, 3.8) is 0 Å². The van der Waals surface area contributed by atoms with Gasteiger partial charge in [0.2, 0.25) is 5.91 Å². The first-order chi connectivity index (χ1) is 18.4. The van der Waals surface area contributed by atoms with E-state index in [1.165, 1.54) is 51.9 Å². The molecule has 7 heteroatoms. The molecule has 0 aromatic heterocycles. The largest absolute Gasteiger partial charge is 0.391 e. The summed E-state index contributed by atoms with van der Waals surface area (Å²) in [5.41, 5.74) is 2.55. The molecule has 0 saturated heterocycles. The predicted octanol–water partition coefficient (Wildman–Crippen LogP) is 4.21. The Hall–Kier alpha value is -3.47. The lowest BCUT2D eigenvalue weighted by Crippen LogP contribution is -2.48. The second kappa shape index (κ2) is 15.1. The number of aliphatic hydroxyl groups is 2. The topological polar surface area (TPSA) is 116 Å². The van der Waals surface area contributed by atoms with Crippen LogP contribution < -0.4 is 10.6 Å². The van der Waals surface area contributed by atoms with Gasteiger partial charge in [-0.2, -0.15) is 0 Å². The highest BCUT2D eigenvalue weighted by molar-refractivity contribution is 5.98. The summed E-state index contributed by atoms with van der Waals surface area (Å²) in [4.78, 5) is 36.5. The van der Waals surface area contributed by atoms with Crippen LogP contribution in [0.2, 0.25) is 0 Å². The van der Waals surface area contributed by atoms with E-state index in [0.717, 1.165) is 17.7 Å². The Morgan fingerprint density at radius 1 is 0.895 bits per heavy atom. The van der Waals surface area contributed by atoms with Crippen LogP contribution in [-0.4, -0.2) is 46.6 Å². The van der Waals surface area contributed by atoms with Crippen LogP contribution >= 0.6 is 0 Å². The van der Waals surface area contributed by atoms with Gasteiger partial charge in [0.15, 0.2) is 5.78 Å². The molecule has 2 aromatic rings. The smallest absolute Gasteiger partial charge is 0.251 e. The predicted molar refractivity (Wildman–Crippen MR) is 148 cm³/mol. The standard InChI is InChI=1S/C31H38N2O5/c1-22(35)30(28(36)21-34)33-31(38)26-16-11-24(12-17-26)9-10-25-13-18-27(19-14-25)32-29(37)20-15-23-7-5-3-2-4-6-8-23/h11-14,16-19,22-23,30,34-35H,2-8,15,20-21H2,1H3,(H,32,37)(H,33,38)/t22-,30+/m1/s1. The normalized spacial score (nSPS) is 15.7. The minimum Gasteiger partial charge on any atom is -0.391 e. The third kappa shape index (κ3) is 9.44. The highest BCUT2D eigenvalue weighted by Gasteiger charge is 2.25. The van der Waals surface area contributed by atoms with Gasteiger partial charge in [0.25, 0.3) is 5.91 Å². The Morgan fingerprint density at radius 2 is 1.45 bits per heavy atom. The van der Waals surface area contributed by atoms with Crippen molar-refractivity contribution < 1.29 is 24.6 Å². The third-order valence-electron chi connectivity index (χ3n) is 6.94. The first-order valence-corrected chi connectivity index (χ1v) is 13.5. The zero-order valence-corrected chi connectivity index (χ0v) is 22.0. The van der Waals surface area contributed by atoms with Gasteiger partial charge in [0.1, 0.15) is 12.6 Å². The maximum atomic E-state index is 12.4. The summed E-state index contributed by atoms with van der Waals surface area (Å²) < 4.78 is 0. The maximum absolute atomic E-state index is 12.4. The molecule has 4 N–H and O–H groups in total. The van der Waals surface area contributed by atoms with Crippen LogP contribution in [0.3, 0.4) is 0 Å². The van der Waals surface area contributed by atoms with Crippen molar-refractivity contribution in [1.82, 2.24) is 5.32 Å². The fraction of sp³-hybridized carbons (Fsp3) is 0.452. The Labute approximate surface area is 225 Å². The summed E-state index contributed by atoms with van der Waals surface area (Å²) in [6.07, 6.45) is 9.42. The van der Waals surface area contributed by atoms with E-state index >= 15 is 0 Å². The lowest BCUT2D eigenvalue weighted by Gasteiger charge is -2.19. The van der Waals surface area contributed by atoms with Crippen LogP contribution in [0.1, 0.15) is 86.2 Å². The van der Waals surface area contributed by atoms with Gasteiger partial charge in [0.05, 0.1) is 6.10 Å². The van der Waals surface area contributed by atoms with Crippen LogP contribution in [0.25, 0.3) is 0 Å². The minimum atomic E-state index is -1.18. The summed E-state index contributed by atoms with van der Waals surface area (Å²) in [6, 6.07) is 12.8. The second-order valence-electron chi connectivity index (χ2n) is 10.0. The first-order valence-electron chi connectivity index (χ1n) is 13.5. The van der Waals surface area contributed by atoms with Gasteiger partial charge in [-0.1, -0.05) is 56.8 Å². The zero-order chi connectivity index (χ0) is 27.3. The lowest BCUT2D eigenvalue weighted by atomic mass is 9.88. The average Bonchev–Trinajstić information content (AvgIpc) is 2.90. The molecule has 0 unspecified atom stereocenters. The fourth-order valence-electron chi connectivity index (χ4n) is 4.67. The van der Waals surface area contributed by atoms with Gasteiger partial charge < -0.3 is 20.8 Å². The molecule has 0 heterocycles. The monoisotopic (exact) mass is 518 g/mol. The van der Waals surface area contributed by atoms with Crippen molar-refractivity contribution in [1.29, 1.82) is 0 Å². The third-order valence-corrected chi connectivity index (χ3v) is 6.94. The molecular weight excluding hydrogens is 480 g/mol. The van der Waals surface area contributed by atoms with Gasteiger partial charge in [0, 0.05) is 28.8 Å². The Bertz CT molecular complexity index is 1120. The number of hydrogen-bond acceptors (Lipinski definition) is 5. The van der Waals surface area contributed by atoms with Gasteiger partial charge in [-0.3, -0.25) is 14.4 Å². The van der Waals surface area contributed by atoms with E-state index in [-0.39, 0.29) is 5.91 Å². The second-order valence-corrected chi connectivity index (χ2v) is 10.0. The van der Waals surface area contributed by atoms with Crippen molar-refractivity contribution in [3.8, 4) is 11.8 Å². The number of rotatable bonds is 9.